The van der Waals surface area contributed by atoms with Gasteiger partial charge in [0.1, 0.15) is 0 Å². The molecule has 0 spiro atoms. The minimum atomic E-state index is -0.342. The van der Waals surface area contributed by atoms with Gasteiger partial charge in [-0.2, -0.15) is 0 Å². The SMILES string of the molecule is CCC/C=C/CCCCCCCCCCCCCCCCCC1CC(=O)OC1=O. The Morgan fingerprint density at radius 1 is 0.690 bits per heavy atom. The van der Waals surface area contributed by atoms with Crippen LogP contribution in [0.2, 0.25) is 0 Å². The zero-order chi connectivity index (χ0) is 21.0. The molecule has 0 amide bonds. The van der Waals surface area contributed by atoms with E-state index in [-0.39, 0.29) is 17.9 Å². The molecule has 1 saturated heterocycles. The number of ether oxygens (including phenoxy) is 1. The number of esters is 2. The Morgan fingerprint density at radius 3 is 1.59 bits per heavy atom. The first-order chi connectivity index (χ1) is 14.2. The summed E-state index contributed by atoms with van der Waals surface area (Å²) in [5.41, 5.74) is 0. The monoisotopic (exact) mass is 406 g/mol. The molecule has 1 aliphatic rings. The Bertz CT molecular complexity index is 441. The largest absolute Gasteiger partial charge is 0.393 e. The third-order valence-electron chi connectivity index (χ3n) is 6.01. The molecule has 1 unspecified atom stereocenters. The molecule has 1 heterocycles. The molecule has 1 rings (SSSR count). The lowest BCUT2D eigenvalue weighted by atomic mass is 9.98. The second kappa shape index (κ2) is 18.9. The van der Waals surface area contributed by atoms with Crippen molar-refractivity contribution >= 4 is 11.9 Å². The molecule has 0 bridgehead atoms. The van der Waals surface area contributed by atoms with Crippen molar-refractivity contribution in [3.63, 3.8) is 0 Å². The van der Waals surface area contributed by atoms with E-state index < -0.39 is 0 Å². The van der Waals surface area contributed by atoms with E-state index in [1.54, 1.807) is 0 Å². The first kappa shape index (κ1) is 25.9. The van der Waals surface area contributed by atoms with Crippen LogP contribution in [0.3, 0.4) is 0 Å². The third kappa shape index (κ3) is 15.4. The Kier molecular flexibility index (Phi) is 16.9. The molecule has 0 aromatic heterocycles. The predicted octanol–water partition coefficient (Wildman–Crippen LogP) is 8.06. The molecule has 0 aromatic carbocycles. The number of unbranched alkanes of at least 4 members (excludes halogenated alkanes) is 16. The van der Waals surface area contributed by atoms with Crippen molar-refractivity contribution in [1.29, 1.82) is 0 Å². The van der Waals surface area contributed by atoms with Gasteiger partial charge in [0.2, 0.25) is 0 Å². The lowest BCUT2D eigenvalue weighted by Gasteiger charge is -2.05. The van der Waals surface area contributed by atoms with Gasteiger partial charge in [0, 0.05) is 0 Å². The minimum Gasteiger partial charge on any atom is -0.393 e. The lowest BCUT2D eigenvalue weighted by Crippen LogP contribution is -2.06. The van der Waals surface area contributed by atoms with Gasteiger partial charge in [-0.15, -0.1) is 0 Å². The van der Waals surface area contributed by atoms with Crippen molar-refractivity contribution in [1.82, 2.24) is 0 Å². The van der Waals surface area contributed by atoms with Crippen LogP contribution in [0.1, 0.15) is 135 Å². The summed E-state index contributed by atoms with van der Waals surface area (Å²) in [6.07, 6.45) is 29.7. The van der Waals surface area contributed by atoms with Crippen molar-refractivity contribution in [3.05, 3.63) is 12.2 Å². The normalized spacial score (nSPS) is 16.8. The van der Waals surface area contributed by atoms with E-state index in [0.29, 0.717) is 6.42 Å². The van der Waals surface area contributed by atoms with Crippen molar-refractivity contribution in [2.45, 2.75) is 135 Å². The molecule has 0 saturated carbocycles. The number of carbonyl (C=O) groups excluding carboxylic acids is 2. The maximum Gasteiger partial charge on any atom is 0.317 e. The van der Waals surface area contributed by atoms with Crippen molar-refractivity contribution < 1.29 is 14.3 Å². The molecule has 1 aliphatic heterocycles. The molecule has 3 nitrogen and oxygen atoms in total. The smallest absolute Gasteiger partial charge is 0.317 e. The summed E-state index contributed by atoms with van der Waals surface area (Å²) in [4.78, 5) is 22.4. The summed E-state index contributed by atoms with van der Waals surface area (Å²) in [5, 5.41) is 0. The molecule has 0 aromatic rings. The Labute approximate surface area is 180 Å². The molecule has 168 valence electrons. The van der Waals surface area contributed by atoms with Gasteiger partial charge < -0.3 is 4.74 Å². The fourth-order valence-corrected chi connectivity index (χ4v) is 4.10. The van der Waals surface area contributed by atoms with Gasteiger partial charge in [0.25, 0.3) is 0 Å². The van der Waals surface area contributed by atoms with Gasteiger partial charge in [-0.25, -0.2) is 0 Å². The van der Waals surface area contributed by atoms with Gasteiger partial charge in [0.05, 0.1) is 12.3 Å². The number of carbonyl (C=O) groups is 2. The van der Waals surface area contributed by atoms with Crippen molar-refractivity contribution in [2.24, 2.45) is 5.92 Å². The van der Waals surface area contributed by atoms with E-state index in [9.17, 15) is 9.59 Å². The average Bonchev–Trinajstić information content (AvgIpc) is 3.03. The molecule has 29 heavy (non-hydrogen) atoms. The summed E-state index contributed by atoms with van der Waals surface area (Å²) in [6, 6.07) is 0. The van der Waals surface area contributed by atoms with Crippen LogP contribution in [0.5, 0.6) is 0 Å². The number of hydrogen-bond donors (Lipinski definition) is 0. The van der Waals surface area contributed by atoms with Crippen molar-refractivity contribution in [3.8, 4) is 0 Å². The van der Waals surface area contributed by atoms with Crippen LogP contribution < -0.4 is 0 Å². The van der Waals surface area contributed by atoms with Crippen LogP contribution in [0.4, 0.5) is 0 Å². The second-order valence-electron chi connectivity index (χ2n) is 8.83. The Morgan fingerprint density at radius 2 is 1.14 bits per heavy atom. The summed E-state index contributed by atoms with van der Waals surface area (Å²) in [7, 11) is 0. The summed E-state index contributed by atoms with van der Waals surface area (Å²) >= 11 is 0. The molecular formula is C26H46O3. The number of hydrogen-bond acceptors (Lipinski definition) is 3. The van der Waals surface area contributed by atoms with E-state index in [1.807, 2.05) is 0 Å². The molecule has 1 atom stereocenters. The predicted molar refractivity (Wildman–Crippen MR) is 122 cm³/mol. The topological polar surface area (TPSA) is 43.4 Å². The maximum atomic E-state index is 11.4. The van der Waals surface area contributed by atoms with Crippen LogP contribution in [-0.4, -0.2) is 11.9 Å². The second-order valence-corrected chi connectivity index (χ2v) is 8.83. The van der Waals surface area contributed by atoms with Gasteiger partial charge in [0.15, 0.2) is 0 Å². The Balaban J connectivity index is 1.70. The zero-order valence-electron chi connectivity index (χ0n) is 19.1. The molecule has 0 radical (unpaired) electrons. The summed E-state index contributed by atoms with van der Waals surface area (Å²) in [5.74, 6) is -0.800. The first-order valence-electron chi connectivity index (χ1n) is 12.6. The fourth-order valence-electron chi connectivity index (χ4n) is 4.10. The highest BCUT2D eigenvalue weighted by Gasteiger charge is 2.32. The third-order valence-corrected chi connectivity index (χ3v) is 6.01. The molecule has 0 aliphatic carbocycles. The van der Waals surface area contributed by atoms with Crippen LogP contribution in [0.15, 0.2) is 12.2 Å². The van der Waals surface area contributed by atoms with Crippen LogP contribution >= 0.6 is 0 Å². The van der Waals surface area contributed by atoms with E-state index in [4.69, 9.17) is 0 Å². The van der Waals surface area contributed by atoms with Crippen molar-refractivity contribution in [2.75, 3.05) is 0 Å². The Hall–Kier alpha value is -1.12. The average molecular weight is 407 g/mol. The summed E-state index contributed by atoms with van der Waals surface area (Å²) < 4.78 is 4.59. The van der Waals surface area contributed by atoms with Crippen LogP contribution in [0, 0.1) is 5.92 Å². The van der Waals surface area contributed by atoms with E-state index >= 15 is 0 Å². The molecule has 1 fully saturated rings. The quantitative estimate of drug-likeness (QED) is 0.0888. The van der Waals surface area contributed by atoms with Gasteiger partial charge in [-0.3, -0.25) is 9.59 Å². The number of allylic oxidation sites excluding steroid dienone is 2. The van der Waals surface area contributed by atoms with Gasteiger partial charge in [-0.1, -0.05) is 115 Å². The van der Waals surface area contributed by atoms with E-state index in [1.165, 1.54) is 109 Å². The highest BCUT2D eigenvalue weighted by molar-refractivity contribution is 5.94. The number of cyclic esters (lactones) is 2. The van der Waals surface area contributed by atoms with Gasteiger partial charge in [-0.05, 0) is 25.7 Å². The van der Waals surface area contributed by atoms with E-state index in [0.717, 1.165) is 12.8 Å². The van der Waals surface area contributed by atoms with E-state index in [2.05, 4.69) is 23.8 Å². The van der Waals surface area contributed by atoms with Gasteiger partial charge >= 0.3 is 11.9 Å². The number of rotatable bonds is 20. The molecule has 0 N–H and O–H groups in total. The fraction of sp³-hybridized carbons (Fsp3) is 0.846. The first-order valence-corrected chi connectivity index (χ1v) is 12.6. The lowest BCUT2D eigenvalue weighted by molar-refractivity contribution is -0.153. The van der Waals surface area contributed by atoms with Crippen LogP contribution in [-0.2, 0) is 14.3 Å². The highest BCUT2D eigenvalue weighted by atomic mass is 16.6. The molecular weight excluding hydrogens is 360 g/mol. The minimum absolute atomic E-state index is 0.157. The van der Waals surface area contributed by atoms with Crippen LogP contribution in [0.25, 0.3) is 0 Å². The highest BCUT2D eigenvalue weighted by Crippen LogP contribution is 2.22. The summed E-state index contributed by atoms with van der Waals surface area (Å²) in [6.45, 7) is 2.23. The maximum absolute atomic E-state index is 11.4. The standard InChI is InChI=1S/C26H46O3/c1-2-3-4-5-6-7-8-9-10-11-12-13-14-15-16-17-18-19-20-21-22-24-23-25(27)29-26(24)28/h4-5,24H,2-3,6-23H2,1H3/b5-4+. The molecule has 3 heteroatoms. The zero-order valence-corrected chi connectivity index (χ0v) is 19.1.